The Morgan fingerprint density at radius 3 is 3.00 bits per heavy atom. The highest BCUT2D eigenvalue weighted by atomic mass is 16.5. The van der Waals surface area contributed by atoms with Crippen LogP contribution < -0.4 is 0 Å². The summed E-state index contributed by atoms with van der Waals surface area (Å²) in [5.41, 5.74) is 3.22. The number of aromatic amines is 1. The zero-order valence-corrected chi connectivity index (χ0v) is 12.1. The van der Waals surface area contributed by atoms with Crippen molar-refractivity contribution in [3.05, 3.63) is 41.7 Å². The molecule has 1 fully saturated rings. The van der Waals surface area contributed by atoms with Gasteiger partial charge >= 0.3 is 0 Å². The van der Waals surface area contributed by atoms with Gasteiger partial charge in [0, 0.05) is 6.61 Å². The Bertz CT molecular complexity index is 766. The molecule has 1 atom stereocenters. The predicted octanol–water partition coefficient (Wildman–Crippen LogP) is 4.37. The van der Waals surface area contributed by atoms with Gasteiger partial charge in [-0.15, -0.1) is 0 Å². The molecule has 2 aromatic heterocycles. The molecule has 0 saturated carbocycles. The van der Waals surface area contributed by atoms with E-state index >= 15 is 0 Å². The van der Waals surface area contributed by atoms with Gasteiger partial charge in [0.25, 0.3) is 0 Å². The third-order valence-corrected chi connectivity index (χ3v) is 3.99. The SMILES string of the molecule is Cc1ccc2nc(-c3ccc(C4CCCCO4)o3)[nH]c2c1. The average Bonchev–Trinajstić information content (AvgIpc) is 3.14. The molecule has 4 heteroatoms. The first-order chi connectivity index (χ1) is 10.3. The van der Waals surface area contributed by atoms with Crippen LogP contribution in [-0.2, 0) is 4.74 Å². The first-order valence-electron chi connectivity index (χ1n) is 7.48. The van der Waals surface area contributed by atoms with Gasteiger partial charge in [0.05, 0.1) is 11.0 Å². The van der Waals surface area contributed by atoms with Crippen molar-refractivity contribution in [3.8, 4) is 11.6 Å². The quantitative estimate of drug-likeness (QED) is 0.759. The van der Waals surface area contributed by atoms with Gasteiger partial charge in [0.2, 0.25) is 0 Å². The van der Waals surface area contributed by atoms with Gasteiger partial charge in [0.1, 0.15) is 11.9 Å². The maximum Gasteiger partial charge on any atom is 0.174 e. The summed E-state index contributed by atoms with van der Waals surface area (Å²) < 4.78 is 11.7. The summed E-state index contributed by atoms with van der Waals surface area (Å²) in [4.78, 5) is 7.92. The summed E-state index contributed by atoms with van der Waals surface area (Å²) >= 11 is 0. The maximum absolute atomic E-state index is 5.95. The molecule has 0 bridgehead atoms. The fraction of sp³-hybridized carbons (Fsp3) is 0.353. The number of rotatable bonds is 2. The molecule has 0 aliphatic carbocycles. The summed E-state index contributed by atoms with van der Waals surface area (Å²) in [6.07, 6.45) is 3.48. The van der Waals surface area contributed by atoms with Gasteiger partial charge in [-0.05, 0) is 56.0 Å². The van der Waals surface area contributed by atoms with Crippen LogP contribution >= 0.6 is 0 Å². The van der Waals surface area contributed by atoms with Crippen LogP contribution in [0.5, 0.6) is 0 Å². The van der Waals surface area contributed by atoms with Crippen molar-refractivity contribution >= 4 is 11.0 Å². The summed E-state index contributed by atoms with van der Waals surface area (Å²) in [6, 6.07) is 10.2. The van der Waals surface area contributed by atoms with Crippen molar-refractivity contribution in [2.45, 2.75) is 32.3 Å². The number of hydrogen-bond donors (Lipinski definition) is 1. The first-order valence-corrected chi connectivity index (χ1v) is 7.48. The number of furan rings is 1. The van der Waals surface area contributed by atoms with E-state index in [-0.39, 0.29) is 6.10 Å². The molecule has 3 heterocycles. The fourth-order valence-corrected chi connectivity index (χ4v) is 2.86. The largest absolute Gasteiger partial charge is 0.455 e. The Hall–Kier alpha value is -2.07. The molecule has 0 amide bonds. The summed E-state index contributed by atoms with van der Waals surface area (Å²) in [5.74, 6) is 2.45. The second-order valence-corrected chi connectivity index (χ2v) is 5.66. The Morgan fingerprint density at radius 1 is 1.19 bits per heavy atom. The van der Waals surface area contributed by atoms with E-state index in [1.54, 1.807) is 0 Å². The Labute approximate surface area is 123 Å². The second-order valence-electron chi connectivity index (χ2n) is 5.66. The number of nitrogens with one attached hydrogen (secondary N) is 1. The Morgan fingerprint density at radius 2 is 2.14 bits per heavy atom. The smallest absolute Gasteiger partial charge is 0.174 e. The van der Waals surface area contributed by atoms with Crippen molar-refractivity contribution in [2.75, 3.05) is 6.61 Å². The van der Waals surface area contributed by atoms with Crippen LogP contribution in [0.3, 0.4) is 0 Å². The minimum atomic E-state index is 0.0964. The number of imidazole rings is 1. The van der Waals surface area contributed by atoms with E-state index < -0.39 is 0 Å². The Kier molecular flexibility index (Phi) is 3.04. The molecule has 0 radical (unpaired) electrons. The van der Waals surface area contributed by atoms with Crippen molar-refractivity contribution in [3.63, 3.8) is 0 Å². The number of nitrogens with zero attached hydrogens (tertiary/aromatic N) is 1. The number of hydrogen-bond acceptors (Lipinski definition) is 3. The molecular formula is C17H18N2O2. The zero-order chi connectivity index (χ0) is 14.2. The van der Waals surface area contributed by atoms with Crippen molar-refractivity contribution in [1.29, 1.82) is 0 Å². The van der Waals surface area contributed by atoms with Gasteiger partial charge in [-0.25, -0.2) is 4.98 Å². The summed E-state index contributed by atoms with van der Waals surface area (Å²) in [7, 11) is 0. The number of aryl methyl sites for hydroxylation is 1. The highest BCUT2D eigenvalue weighted by molar-refractivity contribution is 5.79. The monoisotopic (exact) mass is 282 g/mol. The molecule has 3 aromatic rings. The van der Waals surface area contributed by atoms with Crippen LogP contribution in [0.4, 0.5) is 0 Å². The lowest BCUT2D eigenvalue weighted by atomic mass is 10.1. The number of H-pyrrole nitrogens is 1. The van der Waals surface area contributed by atoms with E-state index in [0.29, 0.717) is 0 Å². The van der Waals surface area contributed by atoms with E-state index in [9.17, 15) is 0 Å². The number of fused-ring (bicyclic) bond motifs is 1. The van der Waals surface area contributed by atoms with E-state index in [4.69, 9.17) is 9.15 Å². The third-order valence-electron chi connectivity index (χ3n) is 3.99. The minimum absolute atomic E-state index is 0.0964. The van der Waals surface area contributed by atoms with E-state index in [1.165, 1.54) is 12.0 Å². The lowest BCUT2D eigenvalue weighted by Crippen LogP contribution is -2.10. The van der Waals surface area contributed by atoms with Crippen LogP contribution in [0.2, 0.25) is 0 Å². The first kappa shape index (κ1) is 12.7. The van der Waals surface area contributed by atoms with Crippen LogP contribution in [0.15, 0.2) is 34.7 Å². The van der Waals surface area contributed by atoms with Gasteiger partial charge in [0.15, 0.2) is 11.6 Å². The highest BCUT2D eigenvalue weighted by Crippen LogP contribution is 2.32. The number of benzene rings is 1. The van der Waals surface area contributed by atoms with Gasteiger partial charge in [-0.3, -0.25) is 0 Å². The third kappa shape index (κ3) is 2.36. The molecular weight excluding hydrogens is 264 g/mol. The van der Waals surface area contributed by atoms with Crippen molar-refractivity contribution < 1.29 is 9.15 Å². The fourth-order valence-electron chi connectivity index (χ4n) is 2.86. The molecule has 1 aliphatic heterocycles. The van der Waals surface area contributed by atoms with Crippen LogP contribution in [0.1, 0.15) is 36.7 Å². The molecule has 1 aliphatic rings. The minimum Gasteiger partial charge on any atom is -0.455 e. The number of aromatic nitrogens is 2. The summed E-state index contributed by atoms with van der Waals surface area (Å²) in [6.45, 7) is 2.90. The molecule has 4 rings (SSSR count). The van der Waals surface area contributed by atoms with Crippen LogP contribution in [0, 0.1) is 6.92 Å². The molecule has 4 nitrogen and oxygen atoms in total. The van der Waals surface area contributed by atoms with E-state index in [1.807, 2.05) is 18.2 Å². The lowest BCUT2D eigenvalue weighted by molar-refractivity contribution is 0.00219. The van der Waals surface area contributed by atoms with Crippen molar-refractivity contribution in [2.24, 2.45) is 0 Å². The number of ether oxygens (including phenoxy) is 1. The Balaban J connectivity index is 1.67. The highest BCUT2D eigenvalue weighted by Gasteiger charge is 2.20. The average molecular weight is 282 g/mol. The summed E-state index contributed by atoms with van der Waals surface area (Å²) in [5, 5.41) is 0. The molecule has 21 heavy (non-hydrogen) atoms. The molecule has 1 unspecified atom stereocenters. The van der Waals surface area contributed by atoms with Gasteiger partial charge < -0.3 is 14.1 Å². The lowest BCUT2D eigenvalue weighted by Gasteiger charge is -2.20. The topological polar surface area (TPSA) is 51.1 Å². The normalized spacial score (nSPS) is 19.2. The van der Waals surface area contributed by atoms with E-state index in [0.717, 1.165) is 47.8 Å². The van der Waals surface area contributed by atoms with Crippen LogP contribution in [0.25, 0.3) is 22.6 Å². The molecule has 1 N–H and O–H groups in total. The van der Waals surface area contributed by atoms with Crippen LogP contribution in [-0.4, -0.2) is 16.6 Å². The standard InChI is InChI=1S/C17H18N2O2/c1-11-5-6-12-13(10-11)19-17(18-12)16-8-7-15(21-16)14-4-2-3-9-20-14/h5-8,10,14H,2-4,9H2,1H3,(H,18,19). The maximum atomic E-state index is 5.95. The van der Waals surface area contributed by atoms with Crippen molar-refractivity contribution in [1.82, 2.24) is 9.97 Å². The second kappa shape index (κ2) is 5.04. The predicted molar refractivity (Wildman–Crippen MR) is 81.1 cm³/mol. The van der Waals surface area contributed by atoms with Gasteiger partial charge in [-0.2, -0.15) is 0 Å². The van der Waals surface area contributed by atoms with Gasteiger partial charge in [-0.1, -0.05) is 6.07 Å². The zero-order valence-electron chi connectivity index (χ0n) is 12.1. The molecule has 1 saturated heterocycles. The molecule has 1 aromatic carbocycles. The molecule has 0 spiro atoms. The van der Waals surface area contributed by atoms with E-state index in [2.05, 4.69) is 29.0 Å². The molecule has 108 valence electrons.